The van der Waals surface area contributed by atoms with E-state index in [1.54, 1.807) is 12.7 Å². The first-order chi connectivity index (χ1) is 11.2. The number of ether oxygens (including phenoxy) is 1. The minimum Gasteiger partial charge on any atom is -0.372 e. The third-order valence-corrected chi connectivity index (χ3v) is 8.56. The largest absolute Gasteiger partial charge is 0.372 e. The van der Waals surface area contributed by atoms with Gasteiger partial charge in [0, 0.05) is 7.05 Å². The molecule has 5 atom stereocenters. The maximum Gasteiger partial charge on any atom is 0.182 e. The van der Waals surface area contributed by atoms with Crippen molar-refractivity contribution in [3.8, 4) is 0 Å². The van der Waals surface area contributed by atoms with E-state index in [4.69, 9.17) is 4.74 Å². The number of imidazole rings is 1. The van der Waals surface area contributed by atoms with Crippen molar-refractivity contribution in [1.82, 2.24) is 19.5 Å². The molecular formula is C13H20N5O2P3. The van der Waals surface area contributed by atoms with Crippen molar-refractivity contribution < 1.29 is 9.30 Å². The summed E-state index contributed by atoms with van der Waals surface area (Å²) in [6, 6.07) is 0. The average Bonchev–Trinajstić information content (AvgIpc) is 3.12. The Morgan fingerprint density at radius 1 is 1.48 bits per heavy atom. The molecule has 7 nitrogen and oxygen atoms in total. The predicted octanol–water partition coefficient (Wildman–Crippen LogP) is 3.14. The van der Waals surface area contributed by atoms with Gasteiger partial charge < -0.3 is 14.6 Å². The first-order valence-electron chi connectivity index (χ1n) is 7.52. The molecule has 124 valence electrons. The van der Waals surface area contributed by atoms with Crippen molar-refractivity contribution in [1.29, 1.82) is 0 Å². The van der Waals surface area contributed by atoms with Gasteiger partial charge in [-0.1, -0.05) is 15.2 Å². The van der Waals surface area contributed by atoms with Crippen molar-refractivity contribution in [2.75, 3.05) is 18.5 Å². The number of hydrogen-bond donors (Lipinski definition) is 1. The number of aromatic nitrogens is 4. The van der Waals surface area contributed by atoms with Crippen LogP contribution in [0.2, 0.25) is 0 Å². The third kappa shape index (κ3) is 3.85. The van der Waals surface area contributed by atoms with Gasteiger partial charge in [0.15, 0.2) is 19.6 Å². The van der Waals surface area contributed by atoms with E-state index in [0.717, 1.165) is 44.4 Å². The predicted molar refractivity (Wildman–Crippen MR) is 96.4 cm³/mol. The average molecular weight is 371 g/mol. The van der Waals surface area contributed by atoms with Crippen LogP contribution in [0.4, 0.5) is 5.82 Å². The van der Waals surface area contributed by atoms with Crippen LogP contribution >= 0.6 is 24.4 Å². The van der Waals surface area contributed by atoms with Crippen LogP contribution in [0.3, 0.4) is 0 Å². The van der Waals surface area contributed by atoms with E-state index < -0.39 is 0 Å². The minimum atomic E-state index is 0.179. The lowest BCUT2D eigenvalue weighted by Gasteiger charge is -2.15. The van der Waals surface area contributed by atoms with E-state index >= 15 is 0 Å². The van der Waals surface area contributed by atoms with Gasteiger partial charge in [-0.25, -0.2) is 15.0 Å². The quantitative estimate of drug-likeness (QED) is 0.595. The summed E-state index contributed by atoms with van der Waals surface area (Å²) in [6.45, 7) is 2.99. The highest BCUT2D eigenvalue weighted by Gasteiger charge is 2.32. The Morgan fingerprint density at radius 3 is 3.13 bits per heavy atom. The van der Waals surface area contributed by atoms with Crippen LogP contribution < -0.4 is 5.32 Å². The summed E-state index contributed by atoms with van der Waals surface area (Å²) in [5, 5.41) is 3.04. The van der Waals surface area contributed by atoms with Crippen LogP contribution in [0.1, 0.15) is 13.3 Å². The molecule has 10 heteroatoms. The molecule has 23 heavy (non-hydrogen) atoms. The molecule has 0 spiro atoms. The molecule has 1 fully saturated rings. The second-order valence-electron chi connectivity index (χ2n) is 5.63. The fourth-order valence-corrected chi connectivity index (χ4v) is 6.29. The normalized spacial score (nSPS) is 25.6. The van der Waals surface area contributed by atoms with Crippen molar-refractivity contribution in [2.24, 2.45) is 5.92 Å². The van der Waals surface area contributed by atoms with Crippen LogP contribution in [0.5, 0.6) is 0 Å². The smallest absolute Gasteiger partial charge is 0.182 e. The Balaban J connectivity index is 1.67. The molecule has 2 aromatic rings. The maximum absolute atomic E-state index is 10.6. The molecule has 2 aromatic heterocycles. The fourth-order valence-electron chi connectivity index (χ4n) is 2.97. The van der Waals surface area contributed by atoms with E-state index in [2.05, 4.69) is 27.2 Å². The molecule has 1 aliphatic rings. The van der Waals surface area contributed by atoms with Gasteiger partial charge in [0.1, 0.15) is 11.8 Å². The number of anilines is 1. The van der Waals surface area contributed by atoms with E-state index in [-0.39, 0.29) is 20.4 Å². The molecule has 1 N–H and O–H groups in total. The lowest BCUT2D eigenvalue weighted by molar-refractivity contribution is 0.0415. The fraction of sp³-hybridized carbons (Fsp3) is 0.615. The molecule has 0 amide bonds. The summed E-state index contributed by atoms with van der Waals surface area (Å²) in [7, 11) is 3.34. The van der Waals surface area contributed by atoms with Gasteiger partial charge in [0.05, 0.1) is 25.1 Å². The molecule has 1 saturated heterocycles. The van der Waals surface area contributed by atoms with E-state index in [1.807, 2.05) is 11.6 Å². The zero-order valence-electron chi connectivity index (χ0n) is 13.1. The topological polar surface area (TPSA) is 81.9 Å². The lowest BCUT2D eigenvalue weighted by Crippen LogP contribution is -2.19. The van der Waals surface area contributed by atoms with Crippen LogP contribution in [-0.4, -0.2) is 44.9 Å². The Morgan fingerprint density at radius 2 is 2.35 bits per heavy atom. The Hall–Kier alpha value is -0.730. The summed E-state index contributed by atoms with van der Waals surface area (Å²) in [4.78, 5) is 13.0. The standard InChI is InChI=1S/C13H20N5O2P3/c1-8-3-9(20-10(8)5-21-23-22-19)4-18-7-17-11-12(14-2)15-6-16-13(11)18/h6-10,21,23H,3-5H2,1-2H3,(H,14,15,16)/t8?,9-,10-/m1/s1. The molecule has 0 aliphatic carbocycles. The number of nitrogens with zero attached hydrogens (tertiary/aromatic N) is 4. The SMILES string of the molecule is CNc1ncnc2c1ncn2C[C@H]1CC(C)[C@@H](CPPP=O)O1. The number of nitrogens with one attached hydrogen (secondary N) is 1. The number of fused-ring (bicyclic) bond motifs is 1. The molecule has 1 aliphatic heterocycles. The molecule has 3 rings (SSSR count). The summed E-state index contributed by atoms with van der Waals surface area (Å²) < 4.78 is 18.8. The van der Waals surface area contributed by atoms with Gasteiger partial charge in [0.2, 0.25) is 0 Å². The summed E-state index contributed by atoms with van der Waals surface area (Å²) >= 11 is 0. The van der Waals surface area contributed by atoms with Crippen molar-refractivity contribution >= 4 is 41.4 Å². The summed E-state index contributed by atoms with van der Waals surface area (Å²) in [6.07, 6.45) is 5.88. The van der Waals surface area contributed by atoms with Gasteiger partial charge in [-0.2, -0.15) is 0 Å². The number of rotatable bonds is 7. The third-order valence-electron chi connectivity index (χ3n) is 4.10. The Kier molecular flexibility index (Phi) is 5.87. The second kappa shape index (κ2) is 7.90. The van der Waals surface area contributed by atoms with E-state index in [1.165, 1.54) is 0 Å². The van der Waals surface area contributed by atoms with Crippen molar-refractivity contribution in [3.63, 3.8) is 0 Å². The van der Waals surface area contributed by atoms with Crippen LogP contribution in [0.25, 0.3) is 11.2 Å². The van der Waals surface area contributed by atoms with Gasteiger partial charge in [0.25, 0.3) is 0 Å². The Labute approximate surface area is 140 Å². The molecule has 0 bridgehead atoms. The molecule has 0 radical (unpaired) electrons. The zero-order chi connectivity index (χ0) is 16.2. The highest BCUT2D eigenvalue weighted by Crippen LogP contribution is 2.48. The van der Waals surface area contributed by atoms with Gasteiger partial charge in [-0.05, 0) is 26.5 Å². The first-order valence-corrected chi connectivity index (χ1v) is 12.4. The zero-order valence-corrected chi connectivity index (χ0v) is 16.0. The highest BCUT2D eigenvalue weighted by atomic mass is 32.4. The minimum absolute atomic E-state index is 0.179. The molecule has 3 unspecified atom stereocenters. The van der Waals surface area contributed by atoms with Crippen LogP contribution in [0.15, 0.2) is 12.7 Å². The summed E-state index contributed by atoms with van der Waals surface area (Å²) in [5.41, 5.74) is 1.62. The molecule has 0 saturated carbocycles. The number of hydrogen-bond acceptors (Lipinski definition) is 6. The first kappa shape index (κ1) is 17.1. The van der Waals surface area contributed by atoms with Crippen molar-refractivity contribution in [3.05, 3.63) is 12.7 Å². The monoisotopic (exact) mass is 371 g/mol. The molecule has 3 heterocycles. The highest BCUT2D eigenvalue weighted by molar-refractivity contribution is 8.40. The maximum atomic E-state index is 10.6. The summed E-state index contributed by atoms with van der Waals surface area (Å²) in [5.74, 6) is 1.28. The van der Waals surface area contributed by atoms with Crippen molar-refractivity contribution in [2.45, 2.75) is 32.1 Å². The lowest BCUT2D eigenvalue weighted by atomic mass is 10.0. The second-order valence-corrected chi connectivity index (χ2v) is 11.1. The van der Waals surface area contributed by atoms with Gasteiger partial charge >= 0.3 is 0 Å². The van der Waals surface area contributed by atoms with E-state index in [0.29, 0.717) is 13.9 Å². The van der Waals surface area contributed by atoms with Crippen LogP contribution in [0, 0.1) is 5.92 Å². The van der Waals surface area contributed by atoms with E-state index in [9.17, 15) is 4.57 Å². The van der Waals surface area contributed by atoms with Gasteiger partial charge in [-0.15, -0.1) is 0 Å². The van der Waals surface area contributed by atoms with Crippen LogP contribution in [-0.2, 0) is 15.8 Å². The molecule has 0 aromatic carbocycles. The Bertz CT molecular complexity index is 683. The molecular weight excluding hydrogens is 351 g/mol. The van der Waals surface area contributed by atoms with Gasteiger partial charge in [-0.3, -0.25) is 4.57 Å².